The SMILES string of the molecule is COC(=O)C1CCC2C3C(=O)CC4C[C@H](OC(=O)CCC(=O)O)CCC4(C)C3C[C@H](O)C12C. The molecule has 4 fully saturated rings. The number of carboxylic acid groups (broad SMARTS) is 1. The van der Waals surface area contributed by atoms with E-state index in [1.54, 1.807) is 0 Å². The normalized spacial score (nSPS) is 44.2. The van der Waals surface area contributed by atoms with Gasteiger partial charge in [0.2, 0.25) is 0 Å². The molecule has 0 heterocycles. The molecule has 0 saturated heterocycles. The van der Waals surface area contributed by atoms with Crippen molar-refractivity contribution >= 4 is 23.7 Å². The number of methoxy groups -OCH3 is 1. The molecule has 0 aromatic rings. The van der Waals surface area contributed by atoms with Crippen molar-refractivity contribution in [1.82, 2.24) is 0 Å². The van der Waals surface area contributed by atoms with E-state index in [2.05, 4.69) is 6.92 Å². The van der Waals surface area contributed by atoms with Gasteiger partial charge in [0.1, 0.15) is 11.9 Å². The lowest BCUT2D eigenvalue weighted by Gasteiger charge is -2.61. The maximum Gasteiger partial charge on any atom is 0.309 e. The lowest BCUT2D eigenvalue weighted by Crippen LogP contribution is -2.61. The smallest absolute Gasteiger partial charge is 0.309 e. The average molecular weight is 465 g/mol. The number of hydrogen-bond acceptors (Lipinski definition) is 7. The van der Waals surface area contributed by atoms with Gasteiger partial charge in [-0.05, 0) is 61.7 Å². The first-order chi connectivity index (χ1) is 15.5. The number of ether oxygens (including phenoxy) is 2. The number of Topliss-reactive ketones (excluding diaryl/α,β-unsaturated/α-hetero) is 1. The Kier molecular flexibility index (Phi) is 6.35. The summed E-state index contributed by atoms with van der Waals surface area (Å²) in [6.07, 6.45) is 2.97. The Balaban J connectivity index is 1.51. The van der Waals surface area contributed by atoms with E-state index in [1.165, 1.54) is 7.11 Å². The maximum absolute atomic E-state index is 13.5. The van der Waals surface area contributed by atoms with Crippen molar-refractivity contribution in [3.05, 3.63) is 0 Å². The minimum Gasteiger partial charge on any atom is -0.481 e. The number of esters is 2. The van der Waals surface area contributed by atoms with Gasteiger partial charge in [0, 0.05) is 17.8 Å². The average Bonchev–Trinajstić information content (AvgIpc) is 3.12. The van der Waals surface area contributed by atoms with Crippen LogP contribution in [0.5, 0.6) is 0 Å². The molecule has 4 aliphatic carbocycles. The number of ketones is 1. The van der Waals surface area contributed by atoms with E-state index in [-0.39, 0.29) is 65.7 Å². The first-order valence-electron chi connectivity index (χ1n) is 12.2. The monoisotopic (exact) mass is 464 g/mol. The number of aliphatic hydroxyl groups excluding tert-OH is 1. The summed E-state index contributed by atoms with van der Waals surface area (Å²) in [5.41, 5.74) is -0.793. The molecule has 9 atom stereocenters. The van der Waals surface area contributed by atoms with Crippen LogP contribution in [-0.2, 0) is 28.7 Å². The van der Waals surface area contributed by atoms with Crippen molar-refractivity contribution in [1.29, 1.82) is 0 Å². The number of rotatable bonds is 5. The van der Waals surface area contributed by atoms with Crippen molar-refractivity contribution in [2.45, 2.75) is 83.8 Å². The van der Waals surface area contributed by atoms with Crippen molar-refractivity contribution in [3.63, 3.8) is 0 Å². The van der Waals surface area contributed by atoms with Crippen LogP contribution < -0.4 is 0 Å². The van der Waals surface area contributed by atoms with Gasteiger partial charge in [-0.3, -0.25) is 19.2 Å². The number of aliphatic hydroxyl groups is 1. The Morgan fingerprint density at radius 1 is 1.06 bits per heavy atom. The molecular formula is C25H36O8. The molecule has 33 heavy (non-hydrogen) atoms. The highest BCUT2D eigenvalue weighted by molar-refractivity contribution is 5.84. The topological polar surface area (TPSA) is 127 Å². The van der Waals surface area contributed by atoms with Crippen molar-refractivity contribution in [2.75, 3.05) is 7.11 Å². The largest absolute Gasteiger partial charge is 0.481 e. The fourth-order valence-corrected chi connectivity index (χ4v) is 7.96. The van der Waals surface area contributed by atoms with Gasteiger partial charge < -0.3 is 19.7 Å². The van der Waals surface area contributed by atoms with Crippen molar-refractivity contribution in [3.8, 4) is 0 Å². The molecule has 8 heteroatoms. The van der Waals surface area contributed by atoms with E-state index in [0.29, 0.717) is 32.1 Å². The number of carbonyl (C=O) groups excluding carboxylic acids is 3. The van der Waals surface area contributed by atoms with Crippen molar-refractivity contribution < 1.29 is 38.9 Å². The van der Waals surface area contributed by atoms with Gasteiger partial charge in [0.25, 0.3) is 0 Å². The highest BCUT2D eigenvalue weighted by Crippen LogP contribution is 2.66. The first-order valence-corrected chi connectivity index (χ1v) is 12.2. The number of fused-ring (bicyclic) bond motifs is 5. The third kappa shape index (κ3) is 3.88. The quantitative estimate of drug-likeness (QED) is 0.595. The highest BCUT2D eigenvalue weighted by atomic mass is 16.5. The zero-order chi connectivity index (χ0) is 24.1. The van der Waals surface area contributed by atoms with Gasteiger partial charge in [-0.15, -0.1) is 0 Å². The molecule has 8 nitrogen and oxygen atoms in total. The zero-order valence-corrected chi connectivity index (χ0v) is 19.7. The molecule has 0 bridgehead atoms. The van der Waals surface area contributed by atoms with Gasteiger partial charge in [0.05, 0.1) is 32.0 Å². The van der Waals surface area contributed by atoms with Crippen LogP contribution in [0.3, 0.4) is 0 Å². The van der Waals surface area contributed by atoms with E-state index in [1.807, 2.05) is 6.92 Å². The highest BCUT2D eigenvalue weighted by Gasteiger charge is 2.66. The van der Waals surface area contributed by atoms with Gasteiger partial charge >= 0.3 is 17.9 Å². The second-order valence-corrected chi connectivity index (χ2v) is 11.2. The molecule has 0 aromatic heterocycles. The molecule has 7 unspecified atom stereocenters. The summed E-state index contributed by atoms with van der Waals surface area (Å²) in [4.78, 5) is 48.7. The summed E-state index contributed by atoms with van der Waals surface area (Å²) in [6, 6.07) is 0. The van der Waals surface area contributed by atoms with Gasteiger partial charge in [-0.2, -0.15) is 0 Å². The minimum atomic E-state index is -1.03. The minimum absolute atomic E-state index is 0.0350. The molecule has 184 valence electrons. The van der Waals surface area contributed by atoms with Crippen LogP contribution in [0.25, 0.3) is 0 Å². The predicted molar refractivity (Wildman–Crippen MR) is 116 cm³/mol. The lowest BCUT2D eigenvalue weighted by molar-refractivity contribution is -0.189. The number of hydrogen-bond donors (Lipinski definition) is 2. The third-order valence-electron chi connectivity index (χ3n) is 9.86. The van der Waals surface area contributed by atoms with Crippen molar-refractivity contribution in [2.24, 2.45) is 40.4 Å². The fraction of sp³-hybridized carbons (Fsp3) is 0.840. The summed E-state index contributed by atoms with van der Waals surface area (Å²) in [5, 5.41) is 20.1. The number of aliphatic carboxylic acids is 1. The summed E-state index contributed by atoms with van der Waals surface area (Å²) in [5.74, 6) is -2.11. The van der Waals surface area contributed by atoms with E-state index in [4.69, 9.17) is 14.6 Å². The fourth-order valence-electron chi connectivity index (χ4n) is 7.96. The molecule has 0 spiro atoms. The molecule has 0 aliphatic heterocycles. The van der Waals surface area contributed by atoms with E-state index >= 15 is 0 Å². The Morgan fingerprint density at radius 2 is 1.79 bits per heavy atom. The molecule has 4 aliphatic rings. The molecule has 4 rings (SSSR count). The summed E-state index contributed by atoms with van der Waals surface area (Å²) in [7, 11) is 1.38. The van der Waals surface area contributed by atoms with E-state index in [0.717, 1.165) is 12.8 Å². The van der Waals surface area contributed by atoms with Crippen LogP contribution in [0, 0.1) is 40.4 Å². The molecule has 0 amide bonds. The standard InChI is InChI=1S/C25H36O8/c1-24-9-8-14(33-21(30)7-6-20(28)29)10-13(24)11-18(26)22-15-4-5-16(23(31)32-3)25(15,2)19(27)12-17(22)24/h13-17,19,22,27H,4-12H2,1-3H3,(H,28,29)/t13?,14-,15?,16?,17?,19+,22?,24?,25?/m1/s1. The summed E-state index contributed by atoms with van der Waals surface area (Å²) in [6.45, 7) is 4.18. The zero-order valence-electron chi connectivity index (χ0n) is 19.7. The second-order valence-electron chi connectivity index (χ2n) is 11.2. The van der Waals surface area contributed by atoms with Crippen LogP contribution in [0.2, 0.25) is 0 Å². The Morgan fingerprint density at radius 3 is 2.45 bits per heavy atom. The lowest BCUT2D eigenvalue weighted by atomic mass is 9.43. The number of carboxylic acids is 1. The van der Waals surface area contributed by atoms with Crippen LogP contribution in [0.4, 0.5) is 0 Å². The Bertz CT molecular complexity index is 838. The second kappa shape index (κ2) is 8.67. The maximum atomic E-state index is 13.5. The molecular weight excluding hydrogens is 428 g/mol. The van der Waals surface area contributed by atoms with Crippen LogP contribution in [0.15, 0.2) is 0 Å². The molecule has 0 radical (unpaired) electrons. The first kappa shape index (κ1) is 24.2. The van der Waals surface area contributed by atoms with E-state index < -0.39 is 23.5 Å². The summed E-state index contributed by atoms with van der Waals surface area (Å²) < 4.78 is 10.6. The number of carbonyl (C=O) groups is 4. The Hall–Kier alpha value is -1.96. The third-order valence-corrected chi connectivity index (χ3v) is 9.86. The molecule has 2 N–H and O–H groups in total. The van der Waals surface area contributed by atoms with Gasteiger partial charge in [-0.1, -0.05) is 13.8 Å². The Labute approximate surface area is 194 Å². The van der Waals surface area contributed by atoms with Gasteiger partial charge in [-0.25, -0.2) is 0 Å². The van der Waals surface area contributed by atoms with Crippen LogP contribution >= 0.6 is 0 Å². The molecule has 0 aromatic carbocycles. The van der Waals surface area contributed by atoms with Gasteiger partial charge in [0.15, 0.2) is 0 Å². The van der Waals surface area contributed by atoms with E-state index in [9.17, 15) is 24.3 Å². The van der Waals surface area contributed by atoms with Crippen LogP contribution in [-0.4, -0.2) is 53.2 Å². The predicted octanol–water partition coefficient (Wildman–Crippen LogP) is 2.74. The molecule has 4 saturated carbocycles. The van der Waals surface area contributed by atoms with Crippen LogP contribution in [0.1, 0.15) is 71.6 Å². The summed E-state index contributed by atoms with van der Waals surface area (Å²) >= 11 is 0.